The molecule has 0 radical (unpaired) electrons. The van der Waals surface area contributed by atoms with E-state index in [1.165, 1.54) is 6.07 Å². The first kappa shape index (κ1) is 16.7. The van der Waals surface area contributed by atoms with E-state index < -0.39 is 4.92 Å². The Morgan fingerprint density at radius 2 is 1.84 bits per heavy atom. The van der Waals surface area contributed by atoms with Crippen molar-refractivity contribution in [2.75, 3.05) is 5.32 Å². The fraction of sp³-hybridized carbons (Fsp3) is 0.211. The quantitative estimate of drug-likeness (QED) is 0.565. The second kappa shape index (κ2) is 6.39. The minimum absolute atomic E-state index is 0.00874. The standard InChI is InChI=1S/C19H19N3O3/c1-4-21-17-10-6-5-8-14(17)12(2)18(21)19(23)20-15-9-7-11-16(13(15)3)22(24)25/h5-11H,4H2,1-3H3,(H,20,23). The van der Waals surface area contributed by atoms with E-state index in [9.17, 15) is 14.9 Å². The number of amides is 1. The summed E-state index contributed by atoms with van der Waals surface area (Å²) in [4.78, 5) is 23.6. The number of hydrogen-bond donors (Lipinski definition) is 1. The molecule has 1 amide bonds. The molecule has 6 nitrogen and oxygen atoms in total. The summed E-state index contributed by atoms with van der Waals surface area (Å²) in [5.74, 6) is -0.265. The van der Waals surface area contributed by atoms with E-state index in [1.807, 2.05) is 42.7 Å². The van der Waals surface area contributed by atoms with Gasteiger partial charge < -0.3 is 9.88 Å². The van der Waals surface area contributed by atoms with Gasteiger partial charge in [-0.2, -0.15) is 0 Å². The minimum atomic E-state index is -0.445. The molecule has 0 aliphatic heterocycles. The van der Waals surface area contributed by atoms with E-state index in [0.717, 1.165) is 16.5 Å². The van der Waals surface area contributed by atoms with Crippen LogP contribution in [0.2, 0.25) is 0 Å². The second-order valence-electron chi connectivity index (χ2n) is 5.90. The van der Waals surface area contributed by atoms with Crippen molar-refractivity contribution in [3.8, 4) is 0 Å². The fourth-order valence-corrected chi connectivity index (χ4v) is 3.24. The summed E-state index contributed by atoms with van der Waals surface area (Å²) in [7, 11) is 0. The highest BCUT2D eigenvalue weighted by Crippen LogP contribution is 2.28. The van der Waals surface area contributed by atoms with Crippen LogP contribution in [0.4, 0.5) is 11.4 Å². The molecule has 0 aliphatic carbocycles. The van der Waals surface area contributed by atoms with E-state index in [1.54, 1.807) is 19.1 Å². The molecular formula is C19H19N3O3. The highest BCUT2D eigenvalue weighted by atomic mass is 16.6. The summed E-state index contributed by atoms with van der Waals surface area (Å²) in [6.07, 6.45) is 0. The molecule has 0 saturated carbocycles. The van der Waals surface area contributed by atoms with E-state index in [0.29, 0.717) is 23.5 Å². The number of anilines is 1. The Kier molecular flexibility index (Phi) is 4.27. The number of benzene rings is 2. The first-order chi connectivity index (χ1) is 12.0. The monoisotopic (exact) mass is 337 g/mol. The molecule has 0 saturated heterocycles. The zero-order chi connectivity index (χ0) is 18.1. The number of nitrogens with zero attached hydrogens (tertiary/aromatic N) is 2. The Morgan fingerprint density at radius 1 is 1.12 bits per heavy atom. The zero-order valence-corrected chi connectivity index (χ0v) is 14.4. The summed E-state index contributed by atoms with van der Waals surface area (Å²) in [6.45, 7) is 6.20. The maximum atomic E-state index is 12.9. The number of aryl methyl sites for hydroxylation is 2. The van der Waals surface area contributed by atoms with Crippen molar-refractivity contribution in [2.45, 2.75) is 27.3 Å². The van der Waals surface area contributed by atoms with Crippen LogP contribution in [0.1, 0.15) is 28.5 Å². The van der Waals surface area contributed by atoms with Crippen molar-refractivity contribution in [3.05, 3.63) is 69.4 Å². The normalized spacial score (nSPS) is 10.8. The van der Waals surface area contributed by atoms with Crippen LogP contribution in [0.5, 0.6) is 0 Å². The van der Waals surface area contributed by atoms with Gasteiger partial charge in [-0.3, -0.25) is 14.9 Å². The molecule has 6 heteroatoms. The summed E-state index contributed by atoms with van der Waals surface area (Å²) in [5, 5.41) is 15.0. The summed E-state index contributed by atoms with van der Waals surface area (Å²) < 4.78 is 1.96. The van der Waals surface area contributed by atoms with Gasteiger partial charge >= 0.3 is 0 Å². The molecule has 0 spiro atoms. The predicted molar refractivity (Wildman–Crippen MR) is 98.1 cm³/mol. The smallest absolute Gasteiger partial charge is 0.274 e. The Hall–Kier alpha value is -3.15. The summed E-state index contributed by atoms with van der Waals surface area (Å²) in [6, 6.07) is 12.5. The number of fused-ring (bicyclic) bond motifs is 1. The molecule has 2 aromatic carbocycles. The molecule has 3 aromatic rings. The lowest BCUT2D eigenvalue weighted by molar-refractivity contribution is -0.385. The fourth-order valence-electron chi connectivity index (χ4n) is 3.24. The van der Waals surface area contributed by atoms with Gasteiger partial charge in [-0.25, -0.2) is 0 Å². The lowest BCUT2D eigenvalue weighted by Gasteiger charge is -2.11. The maximum absolute atomic E-state index is 12.9. The van der Waals surface area contributed by atoms with Crippen LogP contribution in [-0.4, -0.2) is 15.4 Å². The van der Waals surface area contributed by atoms with Crippen LogP contribution in [0.25, 0.3) is 10.9 Å². The van der Waals surface area contributed by atoms with Crippen molar-refractivity contribution in [3.63, 3.8) is 0 Å². The largest absolute Gasteiger partial charge is 0.337 e. The van der Waals surface area contributed by atoms with Gasteiger partial charge in [0.05, 0.1) is 16.2 Å². The molecule has 1 N–H and O–H groups in total. The number of aromatic nitrogens is 1. The van der Waals surface area contributed by atoms with Gasteiger partial charge in [-0.05, 0) is 38.5 Å². The van der Waals surface area contributed by atoms with Crippen LogP contribution < -0.4 is 5.32 Å². The van der Waals surface area contributed by atoms with Gasteiger partial charge in [0.1, 0.15) is 5.69 Å². The number of rotatable bonds is 4. The SMILES string of the molecule is CCn1c(C(=O)Nc2cccc([N+](=O)[O-])c2C)c(C)c2ccccc21. The molecule has 128 valence electrons. The van der Waals surface area contributed by atoms with Crippen LogP contribution in [-0.2, 0) is 6.54 Å². The van der Waals surface area contributed by atoms with Crippen molar-refractivity contribution in [2.24, 2.45) is 0 Å². The minimum Gasteiger partial charge on any atom is -0.337 e. The van der Waals surface area contributed by atoms with Crippen molar-refractivity contribution in [1.29, 1.82) is 0 Å². The summed E-state index contributed by atoms with van der Waals surface area (Å²) in [5.41, 5.74) is 3.37. The van der Waals surface area contributed by atoms with E-state index in [2.05, 4.69) is 5.32 Å². The van der Waals surface area contributed by atoms with Gasteiger partial charge in [-0.1, -0.05) is 24.3 Å². The Balaban J connectivity index is 2.06. The maximum Gasteiger partial charge on any atom is 0.274 e. The predicted octanol–water partition coefficient (Wildman–Crippen LogP) is 4.44. The Labute approximate surface area is 145 Å². The highest BCUT2D eigenvalue weighted by Gasteiger charge is 2.21. The third-order valence-electron chi connectivity index (χ3n) is 4.51. The topological polar surface area (TPSA) is 77.2 Å². The molecule has 1 aromatic heterocycles. The molecular weight excluding hydrogens is 318 g/mol. The average Bonchev–Trinajstić information content (AvgIpc) is 2.89. The lowest BCUT2D eigenvalue weighted by atomic mass is 10.1. The third kappa shape index (κ3) is 2.76. The molecule has 3 rings (SSSR count). The van der Waals surface area contributed by atoms with Crippen molar-refractivity contribution >= 4 is 28.2 Å². The zero-order valence-electron chi connectivity index (χ0n) is 14.4. The van der Waals surface area contributed by atoms with Crippen molar-refractivity contribution in [1.82, 2.24) is 4.57 Å². The first-order valence-electron chi connectivity index (χ1n) is 8.08. The van der Waals surface area contributed by atoms with Gasteiger partial charge in [0.25, 0.3) is 11.6 Å². The van der Waals surface area contributed by atoms with E-state index in [-0.39, 0.29) is 11.6 Å². The number of nitrogens with one attached hydrogen (secondary N) is 1. The Morgan fingerprint density at radius 3 is 2.52 bits per heavy atom. The third-order valence-corrected chi connectivity index (χ3v) is 4.51. The first-order valence-corrected chi connectivity index (χ1v) is 8.08. The van der Waals surface area contributed by atoms with Gasteiger partial charge in [0.2, 0.25) is 0 Å². The lowest BCUT2D eigenvalue weighted by Crippen LogP contribution is -2.18. The van der Waals surface area contributed by atoms with Crippen LogP contribution in [0.3, 0.4) is 0 Å². The average molecular weight is 337 g/mol. The molecule has 0 aliphatic rings. The summed E-state index contributed by atoms with van der Waals surface area (Å²) >= 11 is 0. The number of hydrogen-bond acceptors (Lipinski definition) is 3. The number of nitro groups is 1. The van der Waals surface area contributed by atoms with Gasteiger partial charge in [0, 0.05) is 23.5 Å². The Bertz CT molecular complexity index is 989. The van der Waals surface area contributed by atoms with Crippen LogP contribution in [0, 0.1) is 24.0 Å². The van der Waals surface area contributed by atoms with Crippen LogP contribution >= 0.6 is 0 Å². The van der Waals surface area contributed by atoms with E-state index >= 15 is 0 Å². The molecule has 0 bridgehead atoms. The second-order valence-corrected chi connectivity index (χ2v) is 5.90. The van der Waals surface area contributed by atoms with Gasteiger partial charge in [0.15, 0.2) is 0 Å². The van der Waals surface area contributed by atoms with Crippen LogP contribution in [0.15, 0.2) is 42.5 Å². The number of carbonyl (C=O) groups is 1. The molecule has 0 fully saturated rings. The van der Waals surface area contributed by atoms with Gasteiger partial charge in [-0.15, -0.1) is 0 Å². The molecule has 0 atom stereocenters. The number of carbonyl (C=O) groups excluding carboxylic acids is 1. The van der Waals surface area contributed by atoms with E-state index in [4.69, 9.17) is 0 Å². The van der Waals surface area contributed by atoms with Crippen molar-refractivity contribution < 1.29 is 9.72 Å². The number of para-hydroxylation sites is 1. The molecule has 0 unspecified atom stereocenters. The highest BCUT2D eigenvalue weighted by molar-refractivity contribution is 6.08. The number of nitro benzene ring substituents is 1. The molecule has 25 heavy (non-hydrogen) atoms. The molecule has 1 heterocycles.